The van der Waals surface area contributed by atoms with E-state index in [-0.39, 0.29) is 11.5 Å². The average Bonchev–Trinajstić information content (AvgIpc) is 2.64. The number of nitrogens with zero attached hydrogens (tertiary/aromatic N) is 2. The van der Waals surface area contributed by atoms with Gasteiger partial charge in [0.25, 0.3) is 0 Å². The zero-order valence-corrected chi connectivity index (χ0v) is 14.3. The number of aromatic nitrogens is 2. The minimum absolute atomic E-state index is 0.210. The van der Waals surface area contributed by atoms with Gasteiger partial charge in [0, 0.05) is 11.9 Å². The van der Waals surface area contributed by atoms with Gasteiger partial charge in [-0.15, -0.1) is 0 Å². The van der Waals surface area contributed by atoms with E-state index in [0.29, 0.717) is 5.95 Å². The predicted molar refractivity (Wildman–Crippen MR) is 95.5 cm³/mol. The first-order valence-electron chi connectivity index (χ1n) is 8.08. The third kappa shape index (κ3) is 3.61. The maximum atomic E-state index is 13.8. The van der Waals surface area contributed by atoms with Crippen LogP contribution in [0, 0.1) is 24.4 Å². The van der Waals surface area contributed by atoms with Gasteiger partial charge in [-0.3, -0.25) is 0 Å². The van der Waals surface area contributed by atoms with Crippen molar-refractivity contribution in [3.05, 3.63) is 71.2 Å². The third-order valence-electron chi connectivity index (χ3n) is 3.93. The van der Waals surface area contributed by atoms with Crippen LogP contribution in [-0.4, -0.2) is 9.97 Å². The van der Waals surface area contributed by atoms with E-state index in [4.69, 9.17) is 0 Å². The van der Waals surface area contributed by atoms with Crippen LogP contribution in [0.4, 0.5) is 36.3 Å². The van der Waals surface area contributed by atoms with Gasteiger partial charge in [-0.05, 0) is 42.7 Å². The fourth-order valence-electron chi connectivity index (χ4n) is 2.56. The molecule has 0 saturated carbocycles. The molecule has 0 aliphatic carbocycles. The summed E-state index contributed by atoms with van der Waals surface area (Å²) in [6, 6.07) is 9.42. The van der Waals surface area contributed by atoms with Crippen LogP contribution in [0.5, 0.6) is 0 Å². The molecule has 0 fully saturated rings. The molecule has 2 aromatic carbocycles. The highest BCUT2D eigenvalue weighted by Crippen LogP contribution is 2.26. The fourth-order valence-corrected chi connectivity index (χ4v) is 2.56. The first-order chi connectivity index (χ1) is 12.5. The molecule has 0 spiro atoms. The maximum absolute atomic E-state index is 13.8. The SMILES string of the molecule is CCc1cccc(C)c1Nc1nccc(Nc2ccc(F)c(F)c2F)n1. The van der Waals surface area contributed by atoms with E-state index in [0.717, 1.165) is 35.4 Å². The summed E-state index contributed by atoms with van der Waals surface area (Å²) in [6.45, 7) is 4.02. The van der Waals surface area contributed by atoms with E-state index in [1.165, 1.54) is 12.3 Å². The van der Waals surface area contributed by atoms with E-state index in [2.05, 4.69) is 20.6 Å². The third-order valence-corrected chi connectivity index (χ3v) is 3.93. The molecule has 0 bridgehead atoms. The van der Waals surface area contributed by atoms with Crippen molar-refractivity contribution in [2.45, 2.75) is 20.3 Å². The van der Waals surface area contributed by atoms with Gasteiger partial charge >= 0.3 is 0 Å². The molecule has 0 radical (unpaired) electrons. The molecule has 4 nitrogen and oxygen atoms in total. The lowest BCUT2D eigenvalue weighted by Gasteiger charge is -2.14. The summed E-state index contributed by atoms with van der Waals surface area (Å²) in [7, 11) is 0. The zero-order valence-electron chi connectivity index (χ0n) is 14.3. The van der Waals surface area contributed by atoms with Crippen LogP contribution in [0.15, 0.2) is 42.6 Å². The fraction of sp³-hybridized carbons (Fsp3) is 0.158. The number of benzene rings is 2. The average molecular weight is 358 g/mol. The van der Waals surface area contributed by atoms with Crippen LogP contribution < -0.4 is 10.6 Å². The standard InChI is InChI=1S/C19H17F3N4/c1-3-12-6-4-5-11(2)18(12)26-19-23-10-9-15(25-19)24-14-8-7-13(20)16(21)17(14)22/h4-10H,3H2,1-2H3,(H2,23,24,25,26). The van der Waals surface area contributed by atoms with Gasteiger partial charge in [-0.2, -0.15) is 4.98 Å². The largest absolute Gasteiger partial charge is 0.338 e. The first-order valence-corrected chi connectivity index (χ1v) is 8.08. The predicted octanol–water partition coefficient (Wildman–Crippen LogP) is 5.25. The zero-order chi connectivity index (χ0) is 18.7. The van der Waals surface area contributed by atoms with Crippen molar-refractivity contribution in [2.75, 3.05) is 10.6 Å². The smallest absolute Gasteiger partial charge is 0.229 e. The van der Waals surface area contributed by atoms with Crippen LogP contribution in [0.2, 0.25) is 0 Å². The van der Waals surface area contributed by atoms with Gasteiger partial charge in [0.15, 0.2) is 17.5 Å². The molecule has 1 heterocycles. The highest BCUT2D eigenvalue weighted by molar-refractivity contribution is 5.65. The Labute approximate surface area is 149 Å². The first kappa shape index (κ1) is 17.7. The van der Waals surface area contributed by atoms with Gasteiger partial charge in [-0.25, -0.2) is 18.2 Å². The van der Waals surface area contributed by atoms with Crippen LogP contribution in [0.1, 0.15) is 18.1 Å². The highest BCUT2D eigenvalue weighted by Gasteiger charge is 2.14. The molecule has 26 heavy (non-hydrogen) atoms. The summed E-state index contributed by atoms with van der Waals surface area (Å²) in [6.07, 6.45) is 2.32. The molecule has 3 aromatic rings. The molecular formula is C19H17F3N4. The van der Waals surface area contributed by atoms with Crippen molar-refractivity contribution >= 4 is 23.1 Å². The topological polar surface area (TPSA) is 49.8 Å². The van der Waals surface area contributed by atoms with Crippen molar-refractivity contribution < 1.29 is 13.2 Å². The second-order valence-electron chi connectivity index (χ2n) is 5.70. The molecule has 0 aliphatic rings. The number of hydrogen-bond donors (Lipinski definition) is 2. The van der Waals surface area contributed by atoms with Gasteiger partial charge in [0.1, 0.15) is 5.82 Å². The van der Waals surface area contributed by atoms with E-state index in [9.17, 15) is 13.2 Å². The summed E-state index contributed by atoms with van der Waals surface area (Å²) in [5.74, 6) is -3.52. The number of halogens is 3. The van der Waals surface area contributed by atoms with Crippen LogP contribution in [-0.2, 0) is 6.42 Å². The minimum Gasteiger partial charge on any atom is -0.338 e. The second kappa shape index (κ2) is 7.43. The lowest BCUT2D eigenvalue weighted by atomic mass is 10.1. The van der Waals surface area contributed by atoms with E-state index < -0.39 is 17.5 Å². The van der Waals surface area contributed by atoms with E-state index >= 15 is 0 Å². The van der Waals surface area contributed by atoms with Crippen molar-refractivity contribution in [1.82, 2.24) is 9.97 Å². The highest BCUT2D eigenvalue weighted by atomic mass is 19.2. The Morgan fingerprint density at radius 2 is 1.77 bits per heavy atom. The Morgan fingerprint density at radius 3 is 2.54 bits per heavy atom. The number of aryl methyl sites for hydroxylation is 2. The Hall–Kier alpha value is -3.09. The number of anilines is 4. The Morgan fingerprint density at radius 1 is 0.962 bits per heavy atom. The molecule has 0 unspecified atom stereocenters. The number of rotatable bonds is 5. The Bertz CT molecular complexity index is 944. The summed E-state index contributed by atoms with van der Waals surface area (Å²) in [5.41, 5.74) is 2.85. The molecule has 0 atom stereocenters. The molecule has 134 valence electrons. The van der Waals surface area contributed by atoms with Crippen molar-refractivity contribution in [3.63, 3.8) is 0 Å². The Kier molecular flexibility index (Phi) is 5.06. The van der Waals surface area contributed by atoms with Crippen LogP contribution >= 0.6 is 0 Å². The lowest BCUT2D eigenvalue weighted by Crippen LogP contribution is -2.05. The van der Waals surface area contributed by atoms with Gasteiger partial charge in [0.2, 0.25) is 5.95 Å². The molecule has 0 saturated heterocycles. The molecule has 7 heteroatoms. The molecule has 1 aromatic heterocycles. The number of nitrogens with one attached hydrogen (secondary N) is 2. The summed E-state index contributed by atoms with van der Waals surface area (Å²) >= 11 is 0. The molecule has 2 N–H and O–H groups in total. The summed E-state index contributed by atoms with van der Waals surface area (Å²) in [5, 5.41) is 5.80. The maximum Gasteiger partial charge on any atom is 0.229 e. The normalized spacial score (nSPS) is 10.7. The van der Waals surface area contributed by atoms with Gasteiger partial charge in [-0.1, -0.05) is 25.1 Å². The van der Waals surface area contributed by atoms with Gasteiger partial charge in [0.05, 0.1) is 5.69 Å². The van der Waals surface area contributed by atoms with Crippen LogP contribution in [0.3, 0.4) is 0 Å². The molecule has 0 amide bonds. The van der Waals surface area contributed by atoms with Crippen molar-refractivity contribution in [1.29, 1.82) is 0 Å². The molecule has 0 aliphatic heterocycles. The molecule has 3 rings (SSSR count). The van der Waals surface area contributed by atoms with E-state index in [1.807, 2.05) is 32.0 Å². The number of para-hydroxylation sites is 1. The monoisotopic (exact) mass is 358 g/mol. The van der Waals surface area contributed by atoms with E-state index in [1.54, 1.807) is 0 Å². The minimum atomic E-state index is -1.53. The summed E-state index contributed by atoms with van der Waals surface area (Å²) in [4.78, 5) is 8.41. The van der Waals surface area contributed by atoms with Gasteiger partial charge < -0.3 is 10.6 Å². The lowest BCUT2D eigenvalue weighted by molar-refractivity contribution is 0.449. The quantitative estimate of drug-likeness (QED) is 0.612. The second-order valence-corrected chi connectivity index (χ2v) is 5.70. The van der Waals surface area contributed by atoms with Crippen molar-refractivity contribution in [3.8, 4) is 0 Å². The summed E-state index contributed by atoms with van der Waals surface area (Å²) < 4.78 is 40.2. The van der Waals surface area contributed by atoms with Crippen LogP contribution in [0.25, 0.3) is 0 Å². The Balaban J connectivity index is 1.87. The van der Waals surface area contributed by atoms with Crippen molar-refractivity contribution in [2.24, 2.45) is 0 Å². The number of hydrogen-bond acceptors (Lipinski definition) is 4. The molecular weight excluding hydrogens is 341 g/mol.